The van der Waals surface area contributed by atoms with E-state index in [0.29, 0.717) is 6.42 Å². The highest BCUT2D eigenvalue weighted by Crippen LogP contribution is 2.45. The standard InChI is InChI=1S/C12H13N5O2S/c18-20(19,12-5-14-7-16-12)17-8-1-2-11(17)9-4-13-6-15-10(9)3-8/h4-8,11H,1-3H2,(H,14,16). The van der Waals surface area contributed by atoms with E-state index in [1.54, 1.807) is 10.5 Å². The van der Waals surface area contributed by atoms with Gasteiger partial charge in [-0.2, -0.15) is 4.31 Å². The van der Waals surface area contributed by atoms with Crippen LogP contribution in [0.15, 0.2) is 30.1 Å². The van der Waals surface area contributed by atoms with Crippen molar-refractivity contribution in [2.24, 2.45) is 0 Å². The molecule has 0 saturated carbocycles. The van der Waals surface area contributed by atoms with Gasteiger partial charge in [-0.05, 0) is 12.8 Å². The Bertz CT molecular complexity index is 743. The first-order valence-corrected chi connectivity index (χ1v) is 7.92. The molecule has 2 aromatic heterocycles. The Morgan fingerprint density at radius 1 is 1.25 bits per heavy atom. The molecule has 2 atom stereocenters. The van der Waals surface area contributed by atoms with Crippen LogP contribution in [0.4, 0.5) is 0 Å². The molecule has 104 valence electrons. The Morgan fingerprint density at radius 3 is 2.95 bits per heavy atom. The summed E-state index contributed by atoms with van der Waals surface area (Å²) in [5.41, 5.74) is 1.91. The van der Waals surface area contributed by atoms with E-state index in [9.17, 15) is 8.42 Å². The third kappa shape index (κ3) is 1.55. The Kier molecular flexibility index (Phi) is 2.45. The zero-order valence-electron chi connectivity index (χ0n) is 10.6. The molecule has 7 nitrogen and oxygen atoms in total. The van der Waals surface area contributed by atoms with Crippen molar-refractivity contribution < 1.29 is 8.42 Å². The zero-order valence-corrected chi connectivity index (χ0v) is 11.4. The maximum absolute atomic E-state index is 12.7. The molecule has 4 rings (SSSR count). The second kappa shape index (κ2) is 4.10. The molecule has 2 aliphatic rings. The predicted molar refractivity (Wildman–Crippen MR) is 69.1 cm³/mol. The minimum Gasteiger partial charge on any atom is -0.335 e. The minimum atomic E-state index is -3.54. The van der Waals surface area contributed by atoms with Gasteiger partial charge in [-0.1, -0.05) is 0 Å². The van der Waals surface area contributed by atoms with Gasteiger partial charge in [0.25, 0.3) is 10.0 Å². The van der Waals surface area contributed by atoms with E-state index in [4.69, 9.17) is 0 Å². The summed E-state index contributed by atoms with van der Waals surface area (Å²) in [6.45, 7) is 0. The number of nitrogens with zero attached hydrogens (tertiary/aromatic N) is 4. The number of sulfonamides is 1. The normalized spacial score (nSPS) is 25.6. The van der Waals surface area contributed by atoms with Crippen molar-refractivity contribution >= 4 is 10.0 Å². The van der Waals surface area contributed by atoms with E-state index in [0.717, 1.165) is 24.1 Å². The summed E-state index contributed by atoms with van der Waals surface area (Å²) in [6, 6.07) is -0.172. The van der Waals surface area contributed by atoms with Crippen molar-refractivity contribution in [3.8, 4) is 0 Å². The smallest absolute Gasteiger partial charge is 0.260 e. The first-order valence-electron chi connectivity index (χ1n) is 6.48. The summed E-state index contributed by atoms with van der Waals surface area (Å²) in [5.74, 6) is 0. The molecule has 1 fully saturated rings. The number of hydrogen-bond acceptors (Lipinski definition) is 5. The van der Waals surface area contributed by atoms with Gasteiger partial charge in [0.05, 0.1) is 24.3 Å². The quantitative estimate of drug-likeness (QED) is 0.877. The SMILES string of the molecule is O=S(=O)(c1cnc[nH]1)N1C2CCC1c1cncnc1C2. The summed E-state index contributed by atoms with van der Waals surface area (Å²) < 4.78 is 27.1. The minimum absolute atomic E-state index is 0.0179. The highest BCUT2D eigenvalue weighted by Gasteiger charge is 2.47. The van der Waals surface area contributed by atoms with Gasteiger partial charge in [-0.15, -0.1) is 0 Å². The molecule has 2 aliphatic heterocycles. The zero-order chi connectivity index (χ0) is 13.7. The highest BCUT2D eigenvalue weighted by atomic mass is 32.2. The third-order valence-electron chi connectivity index (χ3n) is 4.08. The Labute approximate surface area is 116 Å². The van der Waals surface area contributed by atoms with Crippen LogP contribution in [0.5, 0.6) is 0 Å². The Balaban J connectivity index is 1.83. The molecule has 2 unspecified atom stereocenters. The van der Waals surface area contributed by atoms with Gasteiger partial charge in [0.2, 0.25) is 0 Å². The molecule has 0 radical (unpaired) electrons. The number of rotatable bonds is 2. The second-order valence-electron chi connectivity index (χ2n) is 5.13. The molecule has 20 heavy (non-hydrogen) atoms. The maximum Gasteiger partial charge on any atom is 0.260 e. The van der Waals surface area contributed by atoms with Crippen molar-refractivity contribution in [1.29, 1.82) is 0 Å². The third-order valence-corrected chi connectivity index (χ3v) is 5.97. The van der Waals surface area contributed by atoms with E-state index in [1.807, 2.05) is 0 Å². The van der Waals surface area contributed by atoms with Crippen molar-refractivity contribution in [3.63, 3.8) is 0 Å². The van der Waals surface area contributed by atoms with E-state index in [1.165, 1.54) is 18.9 Å². The van der Waals surface area contributed by atoms with E-state index < -0.39 is 10.0 Å². The van der Waals surface area contributed by atoms with Crippen molar-refractivity contribution in [2.75, 3.05) is 0 Å². The summed E-state index contributed by atoms with van der Waals surface area (Å²) in [5, 5.41) is 0.148. The van der Waals surface area contributed by atoms with Gasteiger partial charge in [0.15, 0.2) is 5.03 Å². The fourth-order valence-electron chi connectivity index (χ4n) is 3.24. The molecular formula is C12H13N5O2S. The predicted octanol–water partition coefficient (Wildman–Crippen LogP) is 0.650. The lowest BCUT2D eigenvalue weighted by molar-refractivity contribution is 0.299. The highest BCUT2D eigenvalue weighted by molar-refractivity contribution is 7.89. The van der Waals surface area contributed by atoms with Crippen LogP contribution in [-0.2, 0) is 16.4 Å². The van der Waals surface area contributed by atoms with Crippen molar-refractivity contribution in [1.82, 2.24) is 24.2 Å². The Hall–Kier alpha value is -1.80. The van der Waals surface area contributed by atoms with Gasteiger partial charge < -0.3 is 4.98 Å². The van der Waals surface area contributed by atoms with Crippen LogP contribution < -0.4 is 0 Å². The van der Waals surface area contributed by atoms with Gasteiger partial charge >= 0.3 is 0 Å². The largest absolute Gasteiger partial charge is 0.335 e. The van der Waals surface area contributed by atoms with E-state index in [2.05, 4.69) is 19.9 Å². The second-order valence-corrected chi connectivity index (χ2v) is 6.94. The fourth-order valence-corrected chi connectivity index (χ4v) is 4.99. The van der Waals surface area contributed by atoms with Crippen LogP contribution in [0.2, 0.25) is 0 Å². The van der Waals surface area contributed by atoms with Gasteiger partial charge in [-0.3, -0.25) is 0 Å². The van der Waals surface area contributed by atoms with Crippen LogP contribution >= 0.6 is 0 Å². The number of H-pyrrole nitrogens is 1. The van der Waals surface area contributed by atoms with Crippen LogP contribution in [0.25, 0.3) is 0 Å². The topological polar surface area (TPSA) is 91.8 Å². The maximum atomic E-state index is 12.7. The van der Waals surface area contributed by atoms with Crippen molar-refractivity contribution in [3.05, 3.63) is 36.3 Å². The van der Waals surface area contributed by atoms with Gasteiger partial charge in [0, 0.05) is 24.2 Å². The molecule has 2 bridgehead atoms. The summed E-state index contributed by atoms with van der Waals surface area (Å²) in [4.78, 5) is 14.8. The molecule has 2 aromatic rings. The molecule has 0 spiro atoms. The van der Waals surface area contributed by atoms with Crippen LogP contribution in [-0.4, -0.2) is 38.7 Å². The monoisotopic (exact) mass is 291 g/mol. The average Bonchev–Trinajstić information content (AvgIpc) is 3.07. The number of hydrogen-bond donors (Lipinski definition) is 1. The lowest BCUT2D eigenvalue weighted by Crippen LogP contribution is -2.42. The van der Waals surface area contributed by atoms with Gasteiger partial charge in [-0.25, -0.2) is 23.4 Å². The molecule has 0 amide bonds. The van der Waals surface area contributed by atoms with Gasteiger partial charge in [0.1, 0.15) is 6.33 Å². The summed E-state index contributed by atoms with van der Waals surface area (Å²) >= 11 is 0. The summed E-state index contributed by atoms with van der Waals surface area (Å²) in [6.07, 6.45) is 8.33. The molecule has 0 aromatic carbocycles. The fraction of sp³-hybridized carbons (Fsp3) is 0.417. The Morgan fingerprint density at radius 2 is 2.15 bits per heavy atom. The average molecular weight is 291 g/mol. The number of nitrogens with one attached hydrogen (secondary N) is 1. The lowest BCUT2D eigenvalue weighted by Gasteiger charge is -2.33. The first kappa shape index (κ1) is 12.0. The molecule has 1 saturated heterocycles. The number of fused-ring (bicyclic) bond motifs is 4. The molecule has 1 N–H and O–H groups in total. The van der Waals surface area contributed by atoms with Crippen molar-refractivity contribution in [2.45, 2.75) is 36.4 Å². The lowest BCUT2D eigenvalue weighted by atomic mass is 10.0. The molecule has 8 heteroatoms. The van der Waals surface area contributed by atoms with Crippen LogP contribution in [0.1, 0.15) is 30.1 Å². The molecule has 0 aliphatic carbocycles. The first-order chi connectivity index (χ1) is 9.68. The summed E-state index contributed by atoms with van der Waals surface area (Å²) in [7, 11) is -3.54. The van der Waals surface area contributed by atoms with Crippen LogP contribution in [0.3, 0.4) is 0 Å². The number of aromatic nitrogens is 4. The molecule has 4 heterocycles. The number of imidazole rings is 1. The molecular weight excluding hydrogens is 278 g/mol. The van der Waals surface area contributed by atoms with Crippen LogP contribution in [0, 0.1) is 0 Å². The van der Waals surface area contributed by atoms with E-state index >= 15 is 0 Å². The van der Waals surface area contributed by atoms with E-state index in [-0.39, 0.29) is 17.1 Å². The number of aromatic amines is 1.